The number of hydrogen-bond acceptors (Lipinski definition) is 7. The topological polar surface area (TPSA) is 97.3 Å². The van der Waals surface area contributed by atoms with E-state index in [1.165, 1.54) is 13.0 Å². The van der Waals surface area contributed by atoms with Gasteiger partial charge in [-0.15, -0.1) is 0 Å². The molecule has 0 radical (unpaired) electrons. The zero-order valence-electron chi connectivity index (χ0n) is 16.8. The first-order valence-corrected chi connectivity index (χ1v) is 9.63. The smallest absolute Gasteiger partial charge is 0.357 e. The number of nitrogens with one attached hydrogen (secondary N) is 1. The molecule has 2 aromatic heterocycles. The largest absolute Gasteiger partial charge is 0.461 e. The molecule has 1 N–H and O–H groups in total. The predicted molar refractivity (Wildman–Crippen MR) is 104 cm³/mol. The van der Waals surface area contributed by atoms with Crippen LogP contribution in [0.25, 0.3) is 0 Å². The van der Waals surface area contributed by atoms with Gasteiger partial charge >= 0.3 is 11.9 Å². The molecule has 0 saturated heterocycles. The van der Waals surface area contributed by atoms with Crippen LogP contribution in [0, 0.1) is 0 Å². The number of esters is 1. The average Bonchev–Trinajstić information content (AvgIpc) is 3.37. The van der Waals surface area contributed by atoms with E-state index >= 15 is 0 Å². The van der Waals surface area contributed by atoms with Gasteiger partial charge in [-0.2, -0.15) is 8.78 Å². The highest BCUT2D eigenvalue weighted by Gasteiger charge is 2.53. The van der Waals surface area contributed by atoms with Crippen LogP contribution in [0.5, 0.6) is 0 Å². The molecule has 4 rings (SSSR count). The number of fused-ring (bicyclic) bond motifs is 2. The van der Waals surface area contributed by atoms with Crippen molar-refractivity contribution in [3.63, 3.8) is 0 Å². The molecule has 158 valence electrons. The van der Waals surface area contributed by atoms with Gasteiger partial charge < -0.3 is 15.0 Å². The Morgan fingerprint density at radius 3 is 2.63 bits per heavy atom. The Kier molecular flexibility index (Phi) is 4.67. The summed E-state index contributed by atoms with van der Waals surface area (Å²) in [6, 6.07) is 3.05. The number of amides is 1. The van der Waals surface area contributed by atoms with E-state index in [0.29, 0.717) is 25.0 Å². The molecule has 1 aliphatic carbocycles. The molecule has 30 heavy (non-hydrogen) atoms. The minimum absolute atomic E-state index is 0.0947. The van der Waals surface area contributed by atoms with E-state index in [0.717, 1.165) is 18.4 Å². The second-order valence-electron chi connectivity index (χ2n) is 7.68. The van der Waals surface area contributed by atoms with E-state index in [9.17, 15) is 18.4 Å². The molecule has 2 aromatic rings. The Morgan fingerprint density at radius 1 is 1.30 bits per heavy atom. The predicted octanol–water partition coefficient (Wildman–Crippen LogP) is 3.30. The molecule has 3 heterocycles. The van der Waals surface area contributed by atoms with E-state index in [2.05, 4.69) is 20.3 Å². The number of hydrogen-bond donors (Lipinski definition) is 1. The van der Waals surface area contributed by atoms with Gasteiger partial charge in [0.1, 0.15) is 11.6 Å². The SMILES string of the molecule is CCOC(=O)c1cc(N2CC3(CC3)c3cnc(NC(C)=O)cc32)nc(C(C)(F)F)n1. The Morgan fingerprint density at radius 2 is 2.03 bits per heavy atom. The molecule has 10 heteroatoms. The third-order valence-corrected chi connectivity index (χ3v) is 5.23. The van der Waals surface area contributed by atoms with Crippen LogP contribution in [0.1, 0.15) is 55.5 Å². The monoisotopic (exact) mass is 417 g/mol. The van der Waals surface area contributed by atoms with E-state index in [4.69, 9.17) is 4.74 Å². The van der Waals surface area contributed by atoms with Gasteiger partial charge in [-0.3, -0.25) is 4.79 Å². The lowest BCUT2D eigenvalue weighted by atomic mass is 10.0. The van der Waals surface area contributed by atoms with Crippen LogP contribution in [0.3, 0.4) is 0 Å². The Hall–Kier alpha value is -3.17. The quantitative estimate of drug-likeness (QED) is 0.746. The lowest BCUT2D eigenvalue weighted by Crippen LogP contribution is -2.24. The van der Waals surface area contributed by atoms with E-state index in [-0.39, 0.29) is 29.4 Å². The van der Waals surface area contributed by atoms with Gasteiger partial charge in [-0.05, 0) is 19.8 Å². The van der Waals surface area contributed by atoms with Crippen LogP contribution in [-0.4, -0.2) is 40.0 Å². The van der Waals surface area contributed by atoms with Crippen molar-refractivity contribution in [3.05, 3.63) is 35.4 Å². The fourth-order valence-corrected chi connectivity index (χ4v) is 3.66. The third-order valence-electron chi connectivity index (χ3n) is 5.23. The van der Waals surface area contributed by atoms with Crippen molar-refractivity contribution >= 4 is 29.2 Å². The number of carbonyl (C=O) groups excluding carboxylic acids is 2. The van der Waals surface area contributed by atoms with Crippen molar-refractivity contribution in [3.8, 4) is 0 Å². The van der Waals surface area contributed by atoms with E-state index in [1.807, 2.05) is 0 Å². The normalized spacial score (nSPS) is 16.4. The maximum absolute atomic E-state index is 14.1. The summed E-state index contributed by atoms with van der Waals surface area (Å²) in [5, 5.41) is 2.63. The number of carbonyl (C=O) groups is 2. The highest BCUT2D eigenvalue weighted by molar-refractivity contribution is 5.90. The maximum Gasteiger partial charge on any atom is 0.357 e. The van der Waals surface area contributed by atoms with Crippen molar-refractivity contribution in [1.29, 1.82) is 0 Å². The Balaban J connectivity index is 1.82. The van der Waals surface area contributed by atoms with Crippen molar-refractivity contribution in [2.24, 2.45) is 0 Å². The number of pyridine rings is 1. The molecule has 0 atom stereocenters. The van der Waals surface area contributed by atoms with Crippen LogP contribution in [0.2, 0.25) is 0 Å². The maximum atomic E-state index is 14.1. The molecule has 1 saturated carbocycles. The molecular weight excluding hydrogens is 396 g/mol. The summed E-state index contributed by atoms with van der Waals surface area (Å²) in [6.45, 7) is 4.29. The minimum atomic E-state index is -3.34. The number of nitrogens with zero attached hydrogens (tertiary/aromatic N) is 4. The van der Waals surface area contributed by atoms with Crippen LogP contribution < -0.4 is 10.2 Å². The van der Waals surface area contributed by atoms with Gasteiger partial charge in [0.15, 0.2) is 5.69 Å². The van der Waals surface area contributed by atoms with Crippen molar-refractivity contribution < 1.29 is 23.1 Å². The minimum Gasteiger partial charge on any atom is -0.461 e. The highest BCUT2D eigenvalue weighted by atomic mass is 19.3. The van der Waals surface area contributed by atoms with Gasteiger partial charge in [0.25, 0.3) is 0 Å². The summed E-state index contributed by atoms with van der Waals surface area (Å²) in [7, 11) is 0. The first kappa shape index (κ1) is 20.1. The average molecular weight is 417 g/mol. The molecule has 1 amide bonds. The van der Waals surface area contributed by atoms with Crippen LogP contribution in [0.4, 0.5) is 26.1 Å². The second-order valence-corrected chi connectivity index (χ2v) is 7.68. The number of anilines is 3. The molecule has 1 aliphatic heterocycles. The van der Waals surface area contributed by atoms with Crippen LogP contribution in [-0.2, 0) is 20.9 Å². The van der Waals surface area contributed by atoms with Crippen molar-refractivity contribution in [2.75, 3.05) is 23.4 Å². The number of alkyl halides is 2. The molecule has 1 spiro atoms. The van der Waals surface area contributed by atoms with Crippen molar-refractivity contribution in [2.45, 2.75) is 45.0 Å². The summed E-state index contributed by atoms with van der Waals surface area (Å²) in [5.41, 5.74) is 1.33. The van der Waals surface area contributed by atoms with E-state index < -0.39 is 17.7 Å². The fraction of sp³-hybridized carbons (Fsp3) is 0.450. The fourth-order valence-electron chi connectivity index (χ4n) is 3.66. The summed E-state index contributed by atoms with van der Waals surface area (Å²) in [5.74, 6) is -4.62. The molecule has 2 aliphatic rings. The van der Waals surface area contributed by atoms with Gasteiger partial charge in [0, 0.05) is 49.7 Å². The standard InChI is InChI=1S/C20H21F2N5O3/c1-4-30-17(29)13-7-16(26-18(25-13)19(3,21)22)27-10-20(5-6-20)12-9-23-15(8-14(12)27)24-11(2)28/h7-9H,4-6,10H2,1-3H3,(H,23,24,28). The lowest BCUT2D eigenvalue weighted by molar-refractivity contribution is -0.114. The molecule has 8 nitrogen and oxygen atoms in total. The van der Waals surface area contributed by atoms with Crippen LogP contribution >= 0.6 is 0 Å². The lowest BCUT2D eigenvalue weighted by Gasteiger charge is -2.21. The summed E-state index contributed by atoms with van der Waals surface area (Å²) >= 11 is 0. The van der Waals surface area contributed by atoms with Crippen molar-refractivity contribution in [1.82, 2.24) is 15.0 Å². The molecular formula is C20H21F2N5O3. The Labute approximate surface area is 171 Å². The zero-order chi connectivity index (χ0) is 21.7. The zero-order valence-corrected chi connectivity index (χ0v) is 16.8. The van der Waals surface area contributed by atoms with Crippen LogP contribution in [0.15, 0.2) is 18.3 Å². The number of ether oxygens (including phenoxy) is 1. The van der Waals surface area contributed by atoms with E-state index in [1.54, 1.807) is 24.1 Å². The van der Waals surface area contributed by atoms with Gasteiger partial charge in [0.2, 0.25) is 11.7 Å². The summed E-state index contributed by atoms with van der Waals surface area (Å²) < 4.78 is 33.1. The second kappa shape index (κ2) is 6.96. The van der Waals surface area contributed by atoms with Gasteiger partial charge in [0.05, 0.1) is 12.3 Å². The molecule has 0 aromatic carbocycles. The molecule has 0 unspecified atom stereocenters. The Bertz CT molecular complexity index is 1030. The highest BCUT2D eigenvalue weighted by Crippen LogP contribution is 2.58. The number of rotatable bonds is 5. The first-order chi connectivity index (χ1) is 14.1. The van der Waals surface area contributed by atoms with Gasteiger partial charge in [-0.25, -0.2) is 19.7 Å². The number of halogens is 2. The summed E-state index contributed by atoms with van der Waals surface area (Å²) in [4.78, 5) is 37.5. The molecule has 1 fully saturated rings. The number of aromatic nitrogens is 3. The van der Waals surface area contributed by atoms with Gasteiger partial charge in [-0.1, -0.05) is 0 Å². The first-order valence-electron chi connectivity index (χ1n) is 9.63. The third kappa shape index (κ3) is 3.57. The summed E-state index contributed by atoms with van der Waals surface area (Å²) in [6.07, 6.45) is 3.57. The molecule has 0 bridgehead atoms.